The Morgan fingerprint density at radius 2 is 2.06 bits per heavy atom. The molecule has 17 heavy (non-hydrogen) atoms. The van der Waals surface area contributed by atoms with E-state index in [1.807, 2.05) is 6.92 Å². The number of hydrogen-bond acceptors (Lipinski definition) is 4. The maximum absolute atomic E-state index is 9.72. The molecule has 0 saturated carbocycles. The van der Waals surface area contributed by atoms with Crippen molar-refractivity contribution in [2.45, 2.75) is 25.9 Å². The largest absolute Gasteiger partial charge is 0.385 e. The molecule has 2 aromatic rings. The summed E-state index contributed by atoms with van der Waals surface area (Å²) in [5.41, 5.74) is 0.789. The lowest BCUT2D eigenvalue weighted by atomic mass is 10.2. The number of aliphatic hydroxyl groups excluding tert-OH is 1. The van der Waals surface area contributed by atoms with Crippen LogP contribution in [0.1, 0.15) is 31.7 Å². The van der Waals surface area contributed by atoms with E-state index in [-0.39, 0.29) is 0 Å². The molecule has 5 heteroatoms. The Morgan fingerprint density at radius 3 is 2.71 bits per heavy atom. The van der Waals surface area contributed by atoms with Crippen molar-refractivity contribution >= 4 is 11.6 Å². The molecule has 1 atom stereocenters. The van der Waals surface area contributed by atoms with E-state index in [1.54, 1.807) is 24.3 Å². The normalized spacial score (nSPS) is 12.6. The number of aromatic nitrogens is 2. The van der Waals surface area contributed by atoms with Gasteiger partial charge in [-0.3, -0.25) is 0 Å². The summed E-state index contributed by atoms with van der Waals surface area (Å²) >= 11 is 5.79. The number of hydrogen-bond donors (Lipinski definition) is 1. The van der Waals surface area contributed by atoms with Gasteiger partial charge in [0.15, 0.2) is 0 Å². The fraction of sp³-hybridized carbons (Fsp3) is 0.333. The second-order valence-electron chi connectivity index (χ2n) is 3.77. The molecule has 4 nitrogen and oxygen atoms in total. The summed E-state index contributed by atoms with van der Waals surface area (Å²) in [7, 11) is 0. The van der Waals surface area contributed by atoms with Crippen LogP contribution >= 0.6 is 11.6 Å². The van der Waals surface area contributed by atoms with Crippen LogP contribution in [-0.4, -0.2) is 15.2 Å². The van der Waals surface area contributed by atoms with Crippen molar-refractivity contribution in [1.29, 1.82) is 0 Å². The molecular weight excluding hydrogens is 240 g/mol. The minimum atomic E-state index is -0.662. The summed E-state index contributed by atoms with van der Waals surface area (Å²) in [4.78, 5) is 4.16. The van der Waals surface area contributed by atoms with Crippen LogP contribution in [0.5, 0.6) is 0 Å². The Balaban J connectivity index is 2.20. The zero-order valence-electron chi connectivity index (χ0n) is 9.43. The summed E-state index contributed by atoms with van der Waals surface area (Å²) in [5.74, 6) is 0.726. The zero-order valence-corrected chi connectivity index (χ0v) is 10.2. The van der Waals surface area contributed by atoms with E-state index in [0.29, 0.717) is 23.2 Å². The number of nitrogens with zero attached hydrogens (tertiary/aromatic N) is 2. The molecule has 0 aliphatic heterocycles. The van der Waals surface area contributed by atoms with Gasteiger partial charge in [-0.2, -0.15) is 4.98 Å². The van der Waals surface area contributed by atoms with Crippen molar-refractivity contribution in [1.82, 2.24) is 10.1 Å². The van der Waals surface area contributed by atoms with Crippen molar-refractivity contribution in [2.24, 2.45) is 0 Å². The maximum atomic E-state index is 9.72. The fourth-order valence-electron chi connectivity index (χ4n) is 1.48. The van der Waals surface area contributed by atoms with Gasteiger partial charge in [-0.15, -0.1) is 0 Å². The SMILES string of the molecule is CCCC(O)c1noc(-c2ccc(Cl)cc2)n1. The first-order chi connectivity index (χ1) is 8.20. The molecule has 1 heterocycles. The van der Waals surface area contributed by atoms with Crippen LogP contribution in [0.25, 0.3) is 11.5 Å². The van der Waals surface area contributed by atoms with Crippen LogP contribution in [-0.2, 0) is 0 Å². The van der Waals surface area contributed by atoms with Crippen LogP contribution in [0.15, 0.2) is 28.8 Å². The molecule has 90 valence electrons. The molecule has 0 aliphatic carbocycles. The van der Waals surface area contributed by atoms with E-state index < -0.39 is 6.10 Å². The molecule has 2 rings (SSSR count). The van der Waals surface area contributed by atoms with Crippen molar-refractivity contribution in [2.75, 3.05) is 0 Å². The minimum absolute atomic E-state index is 0.330. The molecule has 0 saturated heterocycles. The third kappa shape index (κ3) is 2.84. The molecule has 1 aromatic heterocycles. The summed E-state index contributed by atoms with van der Waals surface area (Å²) in [6.45, 7) is 1.99. The van der Waals surface area contributed by atoms with Gasteiger partial charge in [-0.05, 0) is 30.7 Å². The lowest BCUT2D eigenvalue weighted by Gasteiger charge is -2.01. The number of benzene rings is 1. The van der Waals surface area contributed by atoms with Crippen molar-refractivity contribution < 1.29 is 9.63 Å². The standard InChI is InChI=1S/C12H13ClN2O2/c1-2-3-10(16)11-14-12(17-15-11)8-4-6-9(13)7-5-8/h4-7,10,16H,2-3H2,1H3. The topological polar surface area (TPSA) is 59.2 Å². The number of halogens is 1. The summed E-state index contributed by atoms with van der Waals surface area (Å²) < 4.78 is 5.09. The van der Waals surface area contributed by atoms with E-state index in [9.17, 15) is 5.11 Å². The second-order valence-corrected chi connectivity index (χ2v) is 4.21. The highest BCUT2D eigenvalue weighted by Gasteiger charge is 2.15. The van der Waals surface area contributed by atoms with Gasteiger partial charge >= 0.3 is 0 Å². The maximum Gasteiger partial charge on any atom is 0.258 e. The Labute approximate surface area is 104 Å². The number of aliphatic hydroxyl groups is 1. The fourth-order valence-corrected chi connectivity index (χ4v) is 1.61. The Hall–Kier alpha value is -1.39. The van der Waals surface area contributed by atoms with Gasteiger partial charge in [-0.25, -0.2) is 0 Å². The second kappa shape index (κ2) is 5.29. The first kappa shape index (κ1) is 12.1. The van der Waals surface area contributed by atoms with Gasteiger partial charge in [0.25, 0.3) is 5.89 Å². The van der Waals surface area contributed by atoms with Gasteiger partial charge in [0.2, 0.25) is 5.82 Å². The molecule has 1 aromatic carbocycles. The minimum Gasteiger partial charge on any atom is -0.385 e. The molecule has 0 aliphatic rings. The van der Waals surface area contributed by atoms with Crippen LogP contribution < -0.4 is 0 Å². The highest BCUT2D eigenvalue weighted by Crippen LogP contribution is 2.22. The summed E-state index contributed by atoms with van der Waals surface area (Å²) in [5, 5.41) is 14.1. The highest BCUT2D eigenvalue weighted by molar-refractivity contribution is 6.30. The molecule has 1 N–H and O–H groups in total. The molecule has 1 unspecified atom stereocenters. The monoisotopic (exact) mass is 252 g/mol. The smallest absolute Gasteiger partial charge is 0.258 e. The van der Waals surface area contributed by atoms with Crippen molar-refractivity contribution in [3.8, 4) is 11.5 Å². The predicted octanol–water partition coefficient (Wildman–Crippen LogP) is 3.22. The average molecular weight is 253 g/mol. The third-order valence-corrected chi connectivity index (χ3v) is 2.65. The molecule has 0 radical (unpaired) electrons. The Bertz CT molecular complexity index is 482. The van der Waals surface area contributed by atoms with E-state index in [0.717, 1.165) is 12.0 Å². The molecule has 0 fully saturated rings. The van der Waals surface area contributed by atoms with Crippen molar-refractivity contribution in [3.05, 3.63) is 35.1 Å². The Kier molecular flexibility index (Phi) is 3.76. The van der Waals surface area contributed by atoms with Crippen LogP contribution in [0.2, 0.25) is 5.02 Å². The molecule has 0 bridgehead atoms. The van der Waals surface area contributed by atoms with Crippen LogP contribution in [0.3, 0.4) is 0 Å². The lowest BCUT2D eigenvalue weighted by Crippen LogP contribution is -1.98. The highest BCUT2D eigenvalue weighted by atomic mass is 35.5. The Morgan fingerprint density at radius 1 is 1.35 bits per heavy atom. The quantitative estimate of drug-likeness (QED) is 0.908. The van der Waals surface area contributed by atoms with Crippen LogP contribution in [0.4, 0.5) is 0 Å². The third-order valence-electron chi connectivity index (χ3n) is 2.39. The van der Waals surface area contributed by atoms with Gasteiger partial charge in [0, 0.05) is 10.6 Å². The van der Waals surface area contributed by atoms with Gasteiger partial charge in [0.1, 0.15) is 6.10 Å². The number of rotatable bonds is 4. The van der Waals surface area contributed by atoms with E-state index in [4.69, 9.17) is 16.1 Å². The van der Waals surface area contributed by atoms with Gasteiger partial charge < -0.3 is 9.63 Å². The first-order valence-corrected chi connectivity index (χ1v) is 5.86. The summed E-state index contributed by atoms with van der Waals surface area (Å²) in [6.07, 6.45) is 0.829. The molecular formula is C12H13ClN2O2. The van der Waals surface area contributed by atoms with E-state index >= 15 is 0 Å². The average Bonchev–Trinajstić information content (AvgIpc) is 2.80. The predicted molar refractivity (Wildman–Crippen MR) is 64.6 cm³/mol. The first-order valence-electron chi connectivity index (χ1n) is 5.48. The van der Waals surface area contributed by atoms with E-state index in [2.05, 4.69) is 10.1 Å². The zero-order chi connectivity index (χ0) is 12.3. The summed E-state index contributed by atoms with van der Waals surface area (Å²) in [6, 6.07) is 7.10. The molecule has 0 amide bonds. The molecule has 0 spiro atoms. The lowest BCUT2D eigenvalue weighted by molar-refractivity contribution is 0.153. The van der Waals surface area contributed by atoms with Gasteiger partial charge in [0.05, 0.1) is 0 Å². The van der Waals surface area contributed by atoms with E-state index in [1.165, 1.54) is 0 Å². The van der Waals surface area contributed by atoms with Crippen LogP contribution in [0, 0.1) is 0 Å². The van der Waals surface area contributed by atoms with Crippen molar-refractivity contribution in [3.63, 3.8) is 0 Å². The van der Waals surface area contributed by atoms with Gasteiger partial charge in [-0.1, -0.05) is 30.1 Å².